The highest BCUT2D eigenvalue weighted by Gasteiger charge is 2.27. The van der Waals surface area contributed by atoms with Gasteiger partial charge in [-0.2, -0.15) is 0 Å². The third-order valence-electron chi connectivity index (χ3n) is 3.66. The van der Waals surface area contributed by atoms with Crippen LogP contribution >= 0.6 is 23.7 Å². The van der Waals surface area contributed by atoms with Gasteiger partial charge in [0.1, 0.15) is 0 Å². The van der Waals surface area contributed by atoms with Crippen LogP contribution in [0, 0.1) is 16.0 Å². The van der Waals surface area contributed by atoms with Crippen molar-refractivity contribution >= 4 is 45.4 Å². The molecule has 1 amide bonds. The number of thiophene rings is 1. The van der Waals surface area contributed by atoms with E-state index in [1.165, 1.54) is 23.5 Å². The van der Waals surface area contributed by atoms with Crippen molar-refractivity contribution in [1.82, 2.24) is 5.32 Å². The topological polar surface area (TPSA) is 98.3 Å². The van der Waals surface area contributed by atoms with Crippen LogP contribution in [0.25, 0.3) is 10.1 Å². The molecule has 0 aliphatic heterocycles. The Bertz CT molecular complexity index is 747. The molecule has 3 N–H and O–H groups in total. The number of nitrogens with one attached hydrogen (secondary N) is 1. The highest BCUT2D eigenvalue weighted by atomic mass is 35.5. The summed E-state index contributed by atoms with van der Waals surface area (Å²) < 4.78 is 0.846. The Labute approximate surface area is 151 Å². The number of benzene rings is 1. The number of halogens is 1. The van der Waals surface area contributed by atoms with Gasteiger partial charge in [0.15, 0.2) is 0 Å². The van der Waals surface area contributed by atoms with Gasteiger partial charge in [0.2, 0.25) is 0 Å². The van der Waals surface area contributed by atoms with Gasteiger partial charge >= 0.3 is 0 Å². The Balaban J connectivity index is 0.00000288. The van der Waals surface area contributed by atoms with E-state index in [2.05, 4.69) is 19.2 Å². The molecule has 0 bridgehead atoms. The molecule has 2 rings (SSSR count). The van der Waals surface area contributed by atoms with E-state index < -0.39 is 10.5 Å². The van der Waals surface area contributed by atoms with Gasteiger partial charge in [-0.25, -0.2) is 0 Å². The summed E-state index contributed by atoms with van der Waals surface area (Å²) in [6.45, 7) is 6.45. The number of rotatable bonds is 6. The van der Waals surface area contributed by atoms with Crippen molar-refractivity contribution in [3.05, 3.63) is 39.3 Å². The van der Waals surface area contributed by atoms with E-state index in [1.54, 1.807) is 12.1 Å². The zero-order valence-corrected chi connectivity index (χ0v) is 15.5. The first kappa shape index (κ1) is 20.3. The van der Waals surface area contributed by atoms with E-state index in [-0.39, 0.29) is 24.0 Å². The third-order valence-corrected chi connectivity index (χ3v) is 4.77. The molecule has 0 aliphatic carbocycles. The first-order valence-electron chi connectivity index (χ1n) is 7.44. The van der Waals surface area contributed by atoms with Crippen molar-refractivity contribution < 1.29 is 9.72 Å². The lowest BCUT2D eigenvalue weighted by Crippen LogP contribution is -2.52. The first-order chi connectivity index (χ1) is 10.7. The number of nitro groups is 1. The van der Waals surface area contributed by atoms with Crippen LogP contribution in [0.15, 0.2) is 24.3 Å². The van der Waals surface area contributed by atoms with Crippen LogP contribution in [0.4, 0.5) is 5.69 Å². The van der Waals surface area contributed by atoms with Crippen molar-refractivity contribution in [2.45, 2.75) is 32.7 Å². The minimum Gasteiger partial charge on any atom is -0.345 e. The maximum Gasteiger partial charge on any atom is 0.270 e. The molecule has 24 heavy (non-hydrogen) atoms. The summed E-state index contributed by atoms with van der Waals surface area (Å²) in [5.41, 5.74) is 5.38. The standard InChI is InChI=1S/C16H21N3O3S.ClH/c1-10(2)8-16(3,9-17)18-15(20)14-7-11-6-12(19(21)22)4-5-13(11)23-14;/h4-7,10H,8-9,17H2,1-3H3,(H,18,20);1H. The smallest absolute Gasteiger partial charge is 0.270 e. The lowest BCUT2D eigenvalue weighted by molar-refractivity contribution is -0.384. The maximum atomic E-state index is 12.5. The number of nitrogens with two attached hydrogens (primary N) is 1. The average molecular weight is 372 g/mol. The summed E-state index contributed by atoms with van der Waals surface area (Å²) in [4.78, 5) is 23.4. The fraction of sp³-hybridized carbons (Fsp3) is 0.438. The first-order valence-corrected chi connectivity index (χ1v) is 8.26. The van der Waals surface area contributed by atoms with Gasteiger partial charge in [-0.15, -0.1) is 23.7 Å². The molecule has 2 aromatic rings. The van der Waals surface area contributed by atoms with Crippen molar-refractivity contribution in [2.75, 3.05) is 6.54 Å². The largest absolute Gasteiger partial charge is 0.345 e. The van der Waals surface area contributed by atoms with E-state index in [1.807, 2.05) is 6.92 Å². The predicted molar refractivity (Wildman–Crippen MR) is 100 cm³/mol. The fourth-order valence-electron chi connectivity index (χ4n) is 2.68. The summed E-state index contributed by atoms with van der Waals surface area (Å²) in [5, 5.41) is 14.5. The van der Waals surface area contributed by atoms with Gasteiger partial charge in [-0.1, -0.05) is 13.8 Å². The van der Waals surface area contributed by atoms with Gasteiger partial charge in [-0.05, 0) is 31.4 Å². The number of non-ortho nitro benzene ring substituents is 1. The molecule has 0 spiro atoms. The number of nitro benzene ring substituents is 1. The van der Waals surface area contributed by atoms with Crippen LogP contribution in [0.1, 0.15) is 36.9 Å². The van der Waals surface area contributed by atoms with Crippen LogP contribution in [-0.4, -0.2) is 22.9 Å². The fourth-order valence-corrected chi connectivity index (χ4v) is 3.62. The molecule has 1 heterocycles. The normalized spacial score (nSPS) is 13.4. The maximum absolute atomic E-state index is 12.5. The van der Waals surface area contributed by atoms with E-state index in [9.17, 15) is 14.9 Å². The molecule has 1 unspecified atom stereocenters. The third kappa shape index (κ3) is 4.66. The lowest BCUT2D eigenvalue weighted by Gasteiger charge is -2.31. The molecule has 1 aromatic heterocycles. The second kappa shape index (κ2) is 7.92. The number of amides is 1. The summed E-state index contributed by atoms with van der Waals surface area (Å²) in [7, 11) is 0. The molecular formula is C16H22ClN3O3S. The van der Waals surface area contributed by atoms with Crippen LogP contribution < -0.4 is 11.1 Å². The Morgan fingerprint density at radius 1 is 1.42 bits per heavy atom. The number of hydrogen-bond acceptors (Lipinski definition) is 5. The zero-order valence-electron chi connectivity index (χ0n) is 13.9. The van der Waals surface area contributed by atoms with Gasteiger partial charge in [0, 0.05) is 28.8 Å². The minimum atomic E-state index is -0.465. The number of carbonyl (C=O) groups excluding carboxylic acids is 1. The summed E-state index contributed by atoms with van der Waals surface area (Å²) in [6.07, 6.45) is 0.783. The molecule has 0 saturated heterocycles. The Morgan fingerprint density at radius 2 is 2.08 bits per heavy atom. The molecule has 8 heteroatoms. The monoisotopic (exact) mass is 371 g/mol. The molecule has 0 saturated carbocycles. The SMILES string of the molecule is CC(C)CC(C)(CN)NC(=O)c1cc2cc([N+](=O)[O-])ccc2s1.Cl. The van der Waals surface area contributed by atoms with Crippen LogP contribution in [0.2, 0.25) is 0 Å². The summed E-state index contributed by atoms with van der Waals surface area (Å²) >= 11 is 1.32. The molecule has 1 atom stereocenters. The van der Waals surface area contributed by atoms with Crippen LogP contribution in [-0.2, 0) is 0 Å². The van der Waals surface area contributed by atoms with E-state index >= 15 is 0 Å². The Morgan fingerprint density at radius 3 is 2.62 bits per heavy atom. The Kier molecular flexibility index (Phi) is 6.71. The number of hydrogen-bond donors (Lipinski definition) is 2. The molecule has 6 nitrogen and oxygen atoms in total. The van der Waals surface area contributed by atoms with E-state index in [4.69, 9.17) is 5.73 Å². The van der Waals surface area contributed by atoms with Crippen molar-refractivity contribution in [3.8, 4) is 0 Å². The minimum absolute atomic E-state index is 0. The Hall–Kier alpha value is -1.70. The summed E-state index contributed by atoms with van der Waals surface area (Å²) in [6, 6.07) is 6.29. The van der Waals surface area contributed by atoms with Gasteiger partial charge in [0.05, 0.1) is 15.3 Å². The highest BCUT2D eigenvalue weighted by molar-refractivity contribution is 7.20. The second-order valence-corrected chi connectivity index (χ2v) is 7.49. The average Bonchev–Trinajstić information content (AvgIpc) is 2.89. The van der Waals surface area contributed by atoms with Gasteiger partial charge in [0.25, 0.3) is 11.6 Å². The molecular weight excluding hydrogens is 350 g/mol. The van der Waals surface area contributed by atoms with E-state index in [0.29, 0.717) is 22.7 Å². The number of carbonyl (C=O) groups is 1. The van der Waals surface area contributed by atoms with Crippen molar-refractivity contribution in [1.29, 1.82) is 0 Å². The summed E-state index contributed by atoms with van der Waals surface area (Å²) in [5.74, 6) is 0.219. The number of fused-ring (bicyclic) bond motifs is 1. The van der Waals surface area contributed by atoms with Crippen LogP contribution in [0.5, 0.6) is 0 Å². The molecule has 132 valence electrons. The lowest BCUT2D eigenvalue weighted by atomic mass is 9.90. The molecule has 1 aromatic carbocycles. The highest BCUT2D eigenvalue weighted by Crippen LogP contribution is 2.29. The predicted octanol–water partition coefficient (Wildman–Crippen LogP) is 3.72. The van der Waals surface area contributed by atoms with Crippen LogP contribution in [0.3, 0.4) is 0 Å². The van der Waals surface area contributed by atoms with E-state index in [0.717, 1.165) is 11.1 Å². The molecule has 0 aliphatic rings. The van der Waals surface area contributed by atoms with Crippen molar-refractivity contribution in [2.24, 2.45) is 11.7 Å². The number of nitrogens with zero attached hydrogens (tertiary/aromatic N) is 1. The van der Waals surface area contributed by atoms with Crippen molar-refractivity contribution in [3.63, 3.8) is 0 Å². The molecule has 0 radical (unpaired) electrons. The zero-order chi connectivity index (χ0) is 17.2. The molecule has 0 fully saturated rings. The van der Waals surface area contributed by atoms with Gasteiger partial charge in [-0.3, -0.25) is 14.9 Å². The quantitative estimate of drug-likeness (QED) is 0.597. The second-order valence-electron chi connectivity index (χ2n) is 6.41. The van der Waals surface area contributed by atoms with Gasteiger partial charge < -0.3 is 11.1 Å².